The number of amides is 1. The number of nitrogens with one attached hydrogen (secondary N) is 1. The van der Waals surface area contributed by atoms with Gasteiger partial charge in [-0.05, 0) is 30.2 Å². The predicted octanol–water partition coefficient (Wildman–Crippen LogP) is 2.39. The lowest BCUT2D eigenvalue weighted by Crippen LogP contribution is -2.41. The molecule has 3 aromatic rings. The molecule has 25 heavy (non-hydrogen) atoms. The third-order valence-corrected chi connectivity index (χ3v) is 4.19. The van der Waals surface area contributed by atoms with Gasteiger partial charge in [0.15, 0.2) is 0 Å². The van der Waals surface area contributed by atoms with Crippen LogP contribution in [0.3, 0.4) is 0 Å². The van der Waals surface area contributed by atoms with E-state index in [1.54, 1.807) is 10.9 Å². The second-order valence-corrected chi connectivity index (χ2v) is 6.02. The van der Waals surface area contributed by atoms with Crippen LogP contribution >= 0.6 is 0 Å². The van der Waals surface area contributed by atoms with Gasteiger partial charge in [-0.2, -0.15) is 5.10 Å². The van der Waals surface area contributed by atoms with Crippen molar-refractivity contribution in [3.63, 3.8) is 0 Å². The van der Waals surface area contributed by atoms with E-state index in [1.807, 2.05) is 67.7 Å². The lowest BCUT2D eigenvalue weighted by Gasteiger charge is -2.17. The Morgan fingerprint density at radius 3 is 2.64 bits per heavy atom. The lowest BCUT2D eigenvalue weighted by molar-refractivity contribution is 0.0938. The van der Waals surface area contributed by atoms with Crippen molar-refractivity contribution in [3.8, 4) is 11.3 Å². The summed E-state index contributed by atoms with van der Waals surface area (Å²) in [5, 5.41) is 7.21. The predicted molar refractivity (Wildman–Crippen MR) is 99.1 cm³/mol. The fraction of sp³-hybridized carbons (Fsp3) is 0.200. The summed E-state index contributed by atoms with van der Waals surface area (Å²) in [5.74, 6) is -0.115. The Morgan fingerprint density at radius 2 is 1.96 bits per heavy atom. The molecule has 0 aliphatic heterocycles. The van der Waals surface area contributed by atoms with Crippen LogP contribution in [0.2, 0.25) is 0 Å². The van der Waals surface area contributed by atoms with Gasteiger partial charge in [-0.25, -0.2) is 0 Å². The number of hydrogen-bond donors (Lipinski definition) is 2. The number of rotatable bonds is 6. The molecule has 3 N–H and O–H groups in total. The van der Waals surface area contributed by atoms with Crippen LogP contribution in [0.15, 0.2) is 66.9 Å². The van der Waals surface area contributed by atoms with Gasteiger partial charge in [0.25, 0.3) is 5.91 Å². The molecule has 1 atom stereocenters. The van der Waals surface area contributed by atoms with Crippen LogP contribution in [0.1, 0.15) is 15.9 Å². The number of aromatic nitrogens is 2. The Labute approximate surface area is 147 Å². The summed E-state index contributed by atoms with van der Waals surface area (Å²) in [5.41, 5.74) is 9.54. The molecule has 1 aromatic heterocycles. The fourth-order valence-electron chi connectivity index (χ4n) is 2.84. The first-order valence-electron chi connectivity index (χ1n) is 8.30. The molecule has 0 saturated carbocycles. The van der Waals surface area contributed by atoms with Gasteiger partial charge in [-0.1, -0.05) is 42.5 Å². The molecular formula is C20H22N4O. The topological polar surface area (TPSA) is 72.9 Å². The van der Waals surface area contributed by atoms with Gasteiger partial charge in [-0.3, -0.25) is 9.48 Å². The van der Waals surface area contributed by atoms with Crippen LogP contribution in [0.5, 0.6) is 0 Å². The number of hydrogen-bond acceptors (Lipinski definition) is 3. The standard InChI is InChI=1S/C20H22N4O/c1-24-19(10-11-22-24)16-8-5-9-17(13-16)20(25)23-18(14-21)12-15-6-3-2-4-7-15/h2-11,13,18H,12,14,21H2,1H3,(H,23,25). The average molecular weight is 334 g/mol. The number of nitrogens with two attached hydrogens (primary N) is 1. The van der Waals surface area contributed by atoms with Crippen molar-refractivity contribution in [1.82, 2.24) is 15.1 Å². The van der Waals surface area contributed by atoms with E-state index in [2.05, 4.69) is 10.4 Å². The summed E-state index contributed by atoms with van der Waals surface area (Å²) in [6.07, 6.45) is 2.46. The zero-order chi connectivity index (χ0) is 17.6. The molecule has 0 spiro atoms. The van der Waals surface area contributed by atoms with Crippen LogP contribution in [-0.2, 0) is 13.5 Å². The van der Waals surface area contributed by atoms with Crippen molar-refractivity contribution in [3.05, 3.63) is 78.0 Å². The van der Waals surface area contributed by atoms with Gasteiger partial charge in [0.05, 0.1) is 5.69 Å². The highest BCUT2D eigenvalue weighted by Gasteiger charge is 2.14. The van der Waals surface area contributed by atoms with Crippen molar-refractivity contribution in [2.45, 2.75) is 12.5 Å². The molecule has 5 heteroatoms. The first-order chi connectivity index (χ1) is 12.2. The highest BCUT2D eigenvalue weighted by Crippen LogP contribution is 2.19. The summed E-state index contributed by atoms with van der Waals surface area (Å²) in [6, 6.07) is 19.4. The molecule has 1 heterocycles. The van der Waals surface area contributed by atoms with Gasteiger partial charge in [-0.15, -0.1) is 0 Å². The van der Waals surface area contributed by atoms with Gasteiger partial charge in [0.1, 0.15) is 0 Å². The van der Waals surface area contributed by atoms with Crippen LogP contribution in [-0.4, -0.2) is 28.3 Å². The van der Waals surface area contributed by atoms with Crippen molar-refractivity contribution >= 4 is 5.91 Å². The van der Waals surface area contributed by atoms with E-state index in [0.29, 0.717) is 18.5 Å². The third kappa shape index (κ3) is 4.14. The molecule has 1 amide bonds. The Bertz CT molecular complexity index is 842. The second-order valence-electron chi connectivity index (χ2n) is 6.02. The van der Waals surface area contributed by atoms with Gasteiger partial charge in [0.2, 0.25) is 0 Å². The summed E-state index contributed by atoms with van der Waals surface area (Å²) < 4.78 is 1.79. The van der Waals surface area contributed by atoms with Gasteiger partial charge < -0.3 is 11.1 Å². The normalized spacial score (nSPS) is 11.9. The maximum Gasteiger partial charge on any atom is 0.251 e. The fourth-order valence-corrected chi connectivity index (χ4v) is 2.84. The number of nitrogens with zero attached hydrogens (tertiary/aromatic N) is 2. The molecular weight excluding hydrogens is 312 g/mol. The Morgan fingerprint density at radius 1 is 1.16 bits per heavy atom. The van der Waals surface area contributed by atoms with Crippen LogP contribution in [0, 0.1) is 0 Å². The molecule has 0 bridgehead atoms. The molecule has 0 saturated heterocycles. The minimum Gasteiger partial charge on any atom is -0.348 e. The summed E-state index contributed by atoms with van der Waals surface area (Å²) in [7, 11) is 1.88. The number of benzene rings is 2. The lowest BCUT2D eigenvalue weighted by atomic mass is 10.0. The Kier molecular flexibility index (Phi) is 5.26. The summed E-state index contributed by atoms with van der Waals surface area (Å²) in [4.78, 5) is 12.6. The molecule has 0 aliphatic carbocycles. The number of aryl methyl sites for hydroxylation is 1. The van der Waals surface area contributed by atoms with Crippen LogP contribution < -0.4 is 11.1 Å². The van der Waals surface area contributed by atoms with E-state index in [-0.39, 0.29) is 11.9 Å². The van der Waals surface area contributed by atoms with E-state index < -0.39 is 0 Å². The SMILES string of the molecule is Cn1nccc1-c1cccc(C(=O)NC(CN)Cc2ccccc2)c1. The van der Waals surface area contributed by atoms with E-state index in [4.69, 9.17) is 5.73 Å². The highest BCUT2D eigenvalue weighted by atomic mass is 16.1. The van der Waals surface area contributed by atoms with E-state index in [9.17, 15) is 4.79 Å². The second kappa shape index (κ2) is 7.77. The smallest absolute Gasteiger partial charge is 0.251 e. The maximum absolute atomic E-state index is 12.6. The molecule has 5 nitrogen and oxygen atoms in total. The monoisotopic (exact) mass is 334 g/mol. The maximum atomic E-state index is 12.6. The number of carbonyl (C=O) groups excluding carboxylic acids is 1. The van der Waals surface area contributed by atoms with Crippen molar-refractivity contribution in [2.75, 3.05) is 6.54 Å². The molecule has 1 unspecified atom stereocenters. The van der Waals surface area contributed by atoms with Crippen molar-refractivity contribution in [1.29, 1.82) is 0 Å². The first-order valence-corrected chi connectivity index (χ1v) is 8.30. The zero-order valence-electron chi connectivity index (χ0n) is 14.2. The van der Waals surface area contributed by atoms with E-state index in [0.717, 1.165) is 16.8 Å². The number of carbonyl (C=O) groups is 1. The largest absolute Gasteiger partial charge is 0.348 e. The van der Waals surface area contributed by atoms with Crippen molar-refractivity contribution < 1.29 is 4.79 Å². The third-order valence-electron chi connectivity index (χ3n) is 4.19. The Hall–Kier alpha value is -2.92. The average Bonchev–Trinajstić information content (AvgIpc) is 3.08. The molecule has 3 rings (SSSR count). The molecule has 0 aliphatic rings. The minimum atomic E-state index is -0.115. The quantitative estimate of drug-likeness (QED) is 0.727. The zero-order valence-corrected chi connectivity index (χ0v) is 14.2. The molecule has 2 aromatic carbocycles. The molecule has 128 valence electrons. The van der Waals surface area contributed by atoms with E-state index in [1.165, 1.54) is 0 Å². The van der Waals surface area contributed by atoms with Gasteiger partial charge >= 0.3 is 0 Å². The summed E-state index contributed by atoms with van der Waals surface area (Å²) >= 11 is 0. The minimum absolute atomic E-state index is 0.102. The molecule has 0 radical (unpaired) electrons. The Balaban J connectivity index is 1.73. The summed E-state index contributed by atoms with van der Waals surface area (Å²) in [6.45, 7) is 0.391. The molecule has 0 fully saturated rings. The van der Waals surface area contributed by atoms with Crippen molar-refractivity contribution in [2.24, 2.45) is 12.8 Å². The highest BCUT2D eigenvalue weighted by molar-refractivity contribution is 5.95. The van der Waals surface area contributed by atoms with Crippen LogP contribution in [0.4, 0.5) is 0 Å². The van der Waals surface area contributed by atoms with E-state index >= 15 is 0 Å². The van der Waals surface area contributed by atoms with Gasteiger partial charge in [0, 0.05) is 37.0 Å². The van der Waals surface area contributed by atoms with Crippen LogP contribution in [0.25, 0.3) is 11.3 Å². The first kappa shape index (κ1) is 16.9.